The smallest absolute Gasteiger partial charge is 0.329 e. The van der Waals surface area contributed by atoms with Crippen molar-refractivity contribution < 1.29 is 14.7 Å². The maximum absolute atomic E-state index is 11.3. The van der Waals surface area contributed by atoms with Crippen LogP contribution in [-0.2, 0) is 9.59 Å². The van der Waals surface area contributed by atoms with Gasteiger partial charge in [0.25, 0.3) is 0 Å². The number of hydrogen-bond donors (Lipinski definition) is 1. The SMILES string of the molecule is CN(C=O)C1(C(=O)O)CC2CCC1C2. The van der Waals surface area contributed by atoms with Gasteiger partial charge in [0.15, 0.2) is 0 Å². The van der Waals surface area contributed by atoms with E-state index in [1.165, 1.54) is 4.90 Å². The Kier molecular flexibility index (Phi) is 2.01. The van der Waals surface area contributed by atoms with Gasteiger partial charge in [0.05, 0.1) is 0 Å². The number of fused-ring (bicyclic) bond motifs is 2. The quantitative estimate of drug-likeness (QED) is 0.678. The molecule has 4 nitrogen and oxygen atoms in total. The predicted octanol–water partition coefficient (Wildman–Crippen LogP) is 0.718. The van der Waals surface area contributed by atoms with E-state index in [-0.39, 0.29) is 5.92 Å². The zero-order valence-corrected chi connectivity index (χ0v) is 8.27. The van der Waals surface area contributed by atoms with Crippen LogP contribution in [0.4, 0.5) is 0 Å². The fourth-order valence-electron chi connectivity index (χ4n) is 3.24. The predicted molar refractivity (Wildman–Crippen MR) is 49.6 cm³/mol. The number of amides is 1. The second kappa shape index (κ2) is 2.97. The summed E-state index contributed by atoms with van der Waals surface area (Å²) >= 11 is 0. The molecule has 3 atom stereocenters. The average Bonchev–Trinajstić information content (AvgIpc) is 2.75. The van der Waals surface area contributed by atoms with Gasteiger partial charge in [-0.1, -0.05) is 0 Å². The van der Waals surface area contributed by atoms with Crippen LogP contribution in [0.25, 0.3) is 0 Å². The lowest BCUT2D eigenvalue weighted by Gasteiger charge is -2.39. The van der Waals surface area contributed by atoms with Crippen LogP contribution in [-0.4, -0.2) is 35.0 Å². The first-order valence-electron chi connectivity index (χ1n) is 5.03. The number of likely N-dealkylation sites (N-methyl/N-ethyl adjacent to an activating group) is 1. The summed E-state index contributed by atoms with van der Waals surface area (Å²) in [5.41, 5.74) is -0.898. The van der Waals surface area contributed by atoms with Crippen LogP contribution in [0.5, 0.6) is 0 Å². The maximum atomic E-state index is 11.3. The second-order valence-electron chi connectivity index (χ2n) is 4.53. The van der Waals surface area contributed by atoms with Gasteiger partial charge in [-0.15, -0.1) is 0 Å². The van der Waals surface area contributed by atoms with E-state index in [0.29, 0.717) is 18.7 Å². The van der Waals surface area contributed by atoms with Crippen molar-refractivity contribution in [2.24, 2.45) is 11.8 Å². The number of rotatable bonds is 3. The van der Waals surface area contributed by atoms with Crippen LogP contribution in [0.1, 0.15) is 25.7 Å². The Hall–Kier alpha value is -1.06. The number of carbonyl (C=O) groups is 2. The summed E-state index contributed by atoms with van der Waals surface area (Å²) in [5, 5.41) is 9.29. The topological polar surface area (TPSA) is 57.6 Å². The molecule has 2 fully saturated rings. The van der Waals surface area contributed by atoms with Crippen molar-refractivity contribution >= 4 is 12.4 Å². The molecule has 4 heteroatoms. The molecule has 0 aromatic heterocycles. The Labute approximate surface area is 82.9 Å². The number of carbonyl (C=O) groups excluding carboxylic acids is 1. The van der Waals surface area contributed by atoms with Crippen molar-refractivity contribution in [1.82, 2.24) is 4.90 Å². The molecular formula is C10H15NO3. The second-order valence-corrected chi connectivity index (χ2v) is 4.53. The third kappa shape index (κ3) is 0.996. The molecule has 0 heterocycles. The summed E-state index contributed by atoms with van der Waals surface area (Å²) in [5.74, 6) is -0.155. The van der Waals surface area contributed by atoms with E-state index in [9.17, 15) is 14.7 Å². The molecule has 78 valence electrons. The van der Waals surface area contributed by atoms with Crippen LogP contribution in [0.2, 0.25) is 0 Å². The molecule has 2 bridgehead atoms. The van der Waals surface area contributed by atoms with Crippen molar-refractivity contribution in [3.05, 3.63) is 0 Å². The lowest BCUT2D eigenvalue weighted by molar-refractivity contribution is -0.157. The summed E-state index contributed by atoms with van der Waals surface area (Å²) in [6.07, 6.45) is 4.35. The van der Waals surface area contributed by atoms with Crippen molar-refractivity contribution in [3.8, 4) is 0 Å². The molecule has 1 N–H and O–H groups in total. The molecule has 14 heavy (non-hydrogen) atoms. The molecule has 2 aliphatic rings. The van der Waals surface area contributed by atoms with Crippen LogP contribution < -0.4 is 0 Å². The first-order valence-corrected chi connectivity index (χ1v) is 5.03. The van der Waals surface area contributed by atoms with Gasteiger partial charge in [0.2, 0.25) is 6.41 Å². The molecule has 0 aromatic carbocycles. The fourth-order valence-corrected chi connectivity index (χ4v) is 3.24. The molecule has 0 aliphatic heterocycles. The van der Waals surface area contributed by atoms with E-state index in [2.05, 4.69) is 0 Å². The average molecular weight is 197 g/mol. The Bertz CT molecular complexity index is 279. The van der Waals surface area contributed by atoms with Gasteiger partial charge in [-0.2, -0.15) is 0 Å². The largest absolute Gasteiger partial charge is 0.479 e. The normalized spacial score (nSPS) is 39.8. The van der Waals surface area contributed by atoms with Gasteiger partial charge in [-0.05, 0) is 37.5 Å². The van der Waals surface area contributed by atoms with Crippen LogP contribution in [0.3, 0.4) is 0 Å². The first kappa shape index (κ1) is 9.49. The highest BCUT2D eigenvalue weighted by Crippen LogP contribution is 2.52. The minimum atomic E-state index is -0.898. The molecule has 2 saturated carbocycles. The zero-order valence-electron chi connectivity index (χ0n) is 8.27. The zero-order chi connectivity index (χ0) is 10.3. The molecule has 1 amide bonds. The molecule has 0 saturated heterocycles. The number of hydrogen-bond acceptors (Lipinski definition) is 2. The summed E-state index contributed by atoms with van der Waals surface area (Å²) < 4.78 is 0. The third-order valence-electron chi connectivity index (χ3n) is 3.97. The molecule has 2 rings (SSSR count). The van der Waals surface area contributed by atoms with Gasteiger partial charge >= 0.3 is 5.97 Å². The van der Waals surface area contributed by atoms with Crippen LogP contribution >= 0.6 is 0 Å². The van der Waals surface area contributed by atoms with Crippen LogP contribution in [0.15, 0.2) is 0 Å². The van der Waals surface area contributed by atoms with E-state index in [4.69, 9.17) is 0 Å². The third-order valence-corrected chi connectivity index (χ3v) is 3.97. The minimum absolute atomic E-state index is 0.167. The van der Waals surface area contributed by atoms with E-state index >= 15 is 0 Å². The summed E-state index contributed by atoms with van der Waals surface area (Å²) in [6.45, 7) is 0. The maximum Gasteiger partial charge on any atom is 0.329 e. The van der Waals surface area contributed by atoms with E-state index in [0.717, 1.165) is 19.3 Å². The van der Waals surface area contributed by atoms with Gasteiger partial charge in [-0.25, -0.2) is 4.79 Å². The highest BCUT2D eigenvalue weighted by molar-refractivity contribution is 5.82. The number of carboxylic acid groups (broad SMARTS) is 1. The van der Waals surface area contributed by atoms with Crippen molar-refractivity contribution in [3.63, 3.8) is 0 Å². The van der Waals surface area contributed by atoms with E-state index in [1.807, 2.05) is 0 Å². The van der Waals surface area contributed by atoms with Gasteiger partial charge in [0, 0.05) is 7.05 Å². The summed E-state index contributed by atoms with van der Waals surface area (Å²) in [7, 11) is 1.59. The Morgan fingerprint density at radius 2 is 2.29 bits per heavy atom. The number of carboxylic acids is 1. The highest BCUT2D eigenvalue weighted by Gasteiger charge is 2.58. The van der Waals surface area contributed by atoms with Gasteiger partial charge in [-0.3, -0.25) is 4.79 Å². The summed E-state index contributed by atoms with van der Waals surface area (Å²) in [6, 6.07) is 0. The van der Waals surface area contributed by atoms with Gasteiger partial charge in [0.1, 0.15) is 5.54 Å². The van der Waals surface area contributed by atoms with Crippen LogP contribution in [0, 0.1) is 11.8 Å². The molecular weight excluding hydrogens is 182 g/mol. The Balaban J connectivity index is 2.33. The Morgan fingerprint density at radius 3 is 2.64 bits per heavy atom. The van der Waals surface area contributed by atoms with Crippen molar-refractivity contribution in [2.75, 3.05) is 7.05 Å². The lowest BCUT2D eigenvalue weighted by atomic mass is 9.80. The standard InChI is InChI=1S/C10H15NO3/c1-11(6-12)10(9(13)14)5-7-2-3-8(10)4-7/h6-8H,2-5H2,1H3,(H,13,14). The summed E-state index contributed by atoms with van der Waals surface area (Å²) in [4.78, 5) is 23.4. The first-order chi connectivity index (χ1) is 6.61. The van der Waals surface area contributed by atoms with E-state index < -0.39 is 11.5 Å². The monoisotopic (exact) mass is 197 g/mol. The fraction of sp³-hybridized carbons (Fsp3) is 0.800. The molecule has 0 radical (unpaired) electrons. The molecule has 0 spiro atoms. The Morgan fingerprint density at radius 1 is 1.57 bits per heavy atom. The lowest BCUT2D eigenvalue weighted by Crippen LogP contribution is -2.56. The minimum Gasteiger partial charge on any atom is -0.479 e. The molecule has 3 unspecified atom stereocenters. The van der Waals surface area contributed by atoms with Crippen molar-refractivity contribution in [1.29, 1.82) is 0 Å². The number of aliphatic carboxylic acids is 1. The van der Waals surface area contributed by atoms with E-state index in [1.54, 1.807) is 7.05 Å². The van der Waals surface area contributed by atoms with Gasteiger partial charge < -0.3 is 10.0 Å². The highest BCUT2D eigenvalue weighted by atomic mass is 16.4. The molecule has 2 aliphatic carbocycles. The number of nitrogens with zero attached hydrogens (tertiary/aromatic N) is 1. The van der Waals surface area contributed by atoms with Crippen molar-refractivity contribution in [2.45, 2.75) is 31.2 Å². The molecule has 0 aromatic rings.